The van der Waals surface area contributed by atoms with Gasteiger partial charge in [-0.3, -0.25) is 4.79 Å². The van der Waals surface area contributed by atoms with Gasteiger partial charge in [0.05, 0.1) is 12.7 Å². The molecule has 2 heterocycles. The van der Waals surface area contributed by atoms with Gasteiger partial charge in [0.15, 0.2) is 0 Å². The third-order valence-corrected chi connectivity index (χ3v) is 4.61. The van der Waals surface area contributed by atoms with Crippen LogP contribution in [0.5, 0.6) is 0 Å². The number of ether oxygens (including phenoxy) is 1. The highest BCUT2D eigenvalue weighted by atomic mass is 35.5. The zero-order valence-corrected chi connectivity index (χ0v) is 16.0. The summed E-state index contributed by atoms with van der Waals surface area (Å²) in [6.45, 7) is 7.29. The van der Waals surface area contributed by atoms with Crippen LogP contribution in [0.1, 0.15) is 19.8 Å². The lowest BCUT2D eigenvalue weighted by molar-refractivity contribution is -0.129. The molecule has 2 saturated heterocycles. The molecule has 8 heteroatoms. The summed E-state index contributed by atoms with van der Waals surface area (Å²) >= 11 is 0. The fourth-order valence-electron chi connectivity index (χ4n) is 3.13. The molecule has 0 aliphatic carbocycles. The Morgan fingerprint density at radius 3 is 2.52 bits per heavy atom. The van der Waals surface area contributed by atoms with E-state index >= 15 is 0 Å². The lowest BCUT2D eigenvalue weighted by atomic mass is 10.0. The average Bonchev–Trinajstić information content (AvgIpc) is 2.48. The average molecular weight is 371 g/mol. The van der Waals surface area contributed by atoms with Crippen LogP contribution >= 0.6 is 24.8 Å². The van der Waals surface area contributed by atoms with Crippen LogP contribution in [-0.2, 0) is 9.53 Å². The number of morpholine rings is 1. The fourth-order valence-corrected chi connectivity index (χ4v) is 3.13. The molecule has 23 heavy (non-hydrogen) atoms. The van der Waals surface area contributed by atoms with Crippen molar-refractivity contribution >= 4 is 30.7 Å². The van der Waals surface area contributed by atoms with Gasteiger partial charge < -0.3 is 25.2 Å². The van der Waals surface area contributed by atoms with E-state index < -0.39 is 0 Å². The van der Waals surface area contributed by atoms with Gasteiger partial charge in [0, 0.05) is 25.7 Å². The van der Waals surface area contributed by atoms with Gasteiger partial charge in [-0.15, -0.1) is 24.8 Å². The van der Waals surface area contributed by atoms with Crippen molar-refractivity contribution in [2.45, 2.75) is 38.0 Å². The zero-order valence-electron chi connectivity index (χ0n) is 14.4. The minimum Gasteiger partial charge on any atom is -0.375 e. The second-order valence-corrected chi connectivity index (χ2v) is 6.34. The maximum Gasteiger partial charge on any atom is 0.239 e. The molecule has 0 unspecified atom stereocenters. The zero-order chi connectivity index (χ0) is 15.2. The molecule has 2 N–H and O–H groups in total. The standard InChI is InChI=1S/C15H30N4O2.2ClH/c1-12-14(16-7-11-21-12)15(20)17-6-10-19-8-4-13(5-9-19)18(2)3;;/h12-14,16H,4-11H2,1-3H3,(H,17,20);2*1H/t12-,14+;;/m1../s1. The quantitative estimate of drug-likeness (QED) is 0.731. The van der Waals surface area contributed by atoms with Crippen LogP contribution < -0.4 is 10.6 Å². The van der Waals surface area contributed by atoms with Crippen LogP contribution in [0.15, 0.2) is 0 Å². The summed E-state index contributed by atoms with van der Waals surface area (Å²) in [5.74, 6) is 0.0605. The Bertz CT molecular complexity index is 339. The van der Waals surface area contributed by atoms with Crippen molar-refractivity contribution < 1.29 is 9.53 Å². The summed E-state index contributed by atoms with van der Waals surface area (Å²) in [6.07, 6.45) is 2.39. The van der Waals surface area contributed by atoms with Gasteiger partial charge in [-0.2, -0.15) is 0 Å². The number of nitrogens with one attached hydrogen (secondary N) is 2. The van der Waals surface area contributed by atoms with E-state index in [1.165, 1.54) is 12.8 Å². The van der Waals surface area contributed by atoms with E-state index in [-0.39, 0.29) is 42.9 Å². The predicted molar refractivity (Wildman–Crippen MR) is 97.9 cm³/mol. The Hall–Kier alpha value is -0.110. The summed E-state index contributed by atoms with van der Waals surface area (Å²) in [7, 11) is 4.31. The molecule has 1 amide bonds. The molecule has 2 aliphatic heterocycles. The molecule has 2 atom stereocenters. The summed E-state index contributed by atoms with van der Waals surface area (Å²) in [5.41, 5.74) is 0. The molecular weight excluding hydrogens is 339 g/mol. The molecule has 0 aromatic heterocycles. The second-order valence-electron chi connectivity index (χ2n) is 6.34. The number of likely N-dealkylation sites (tertiary alicyclic amines) is 1. The summed E-state index contributed by atoms with van der Waals surface area (Å²) < 4.78 is 5.50. The van der Waals surface area contributed by atoms with Crippen LogP contribution in [0.4, 0.5) is 0 Å². The number of carbonyl (C=O) groups excluding carboxylic acids is 1. The third kappa shape index (κ3) is 7.11. The van der Waals surface area contributed by atoms with E-state index in [0.717, 1.165) is 32.7 Å². The smallest absolute Gasteiger partial charge is 0.239 e. The number of amides is 1. The molecule has 138 valence electrons. The van der Waals surface area contributed by atoms with Crippen molar-refractivity contribution in [3.63, 3.8) is 0 Å². The van der Waals surface area contributed by atoms with Crippen molar-refractivity contribution in [1.82, 2.24) is 20.4 Å². The Morgan fingerprint density at radius 1 is 1.30 bits per heavy atom. The van der Waals surface area contributed by atoms with Crippen molar-refractivity contribution in [3.05, 3.63) is 0 Å². The van der Waals surface area contributed by atoms with Crippen LogP contribution in [0.25, 0.3) is 0 Å². The van der Waals surface area contributed by atoms with Crippen molar-refractivity contribution in [2.75, 3.05) is 53.4 Å². The first-order valence-electron chi connectivity index (χ1n) is 8.09. The van der Waals surface area contributed by atoms with Gasteiger partial charge in [0.1, 0.15) is 6.04 Å². The number of hydrogen-bond acceptors (Lipinski definition) is 5. The Kier molecular flexibility index (Phi) is 11.4. The number of hydrogen-bond donors (Lipinski definition) is 2. The monoisotopic (exact) mass is 370 g/mol. The Labute approximate surface area is 152 Å². The van der Waals surface area contributed by atoms with Crippen LogP contribution in [0.2, 0.25) is 0 Å². The number of nitrogens with zero attached hydrogens (tertiary/aromatic N) is 2. The van der Waals surface area contributed by atoms with Gasteiger partial charge in [0.25, 0.3) is 0 Å². The SMILES string of the molecule is C[C@H]1OCCN[C@@H]1C(=O)NCCN1CCC(N(C)C)CC1.Cl.Cl. The largest absolute Gasteiger partial charge is 0.375 e. The molecule has 2 fully saturated rings. The number of halogens is 2. The lowest BCUT2D eigenvalue weighted by Crippen LogP contribution is -2.56. The number of rotatable bonds is 5. The normalized spacial score (nSPS) is 26.3. The van der Waals surface area contributed by atoms with Gasteiger partial charge in [0.2, 0.25) is 5.91 Å². The molecule has 2 aliphatic rings. The number of carbonyl (C=O) groups is 1. The molecule has 0 spiro atoms. The summed E-state index contributed by atoms with van der Waals surface area (Å²) in [5, 5.41) is 6.25. The highest BCUT2D eigenvalue weighted by Crippen LogP contribution is 2.13. The first kappa shape index (κ1) is 22.9. The van der Waals surface area contributed by atoms with Crippen molar-refractivity contribution in [3.8, 4) is 0 Å². The highest BCUT2D eigenvalue weighted by molar-refractivity contribution is 5.85. The summed E-state index contributed by atoms with van der Waals surface area (Å²) in [6, 6.07) is 0.499. The topological polar surface area (TPSA) is 56.8 Å². The van der Waals surface area contributed by atoms with Gasteiger partial charge >= 0.3 is 0 Å². The van der Waals surface area contributed by atoms with Gasteiger partial charge in [-0.25, -0.2) is 0 Å². The Balaban J connectivity index is 0.00000242. The fraction of sp³-hybridized carbons (Fsp3) is 0.933. The minimum absolute atomic E-state index is 0. The third-order valence-electron chi connectivity index (χ3n) is 4.61. The minimum atomic E-state index is -0.210. The molecule has 2 rings (SSSR count). The highest BCUT2D eigenvalue weighted by Gasteiger charge is 2.28. The lowest BCUT2D eigenvalue weighted by Gasteiger charge is -2.35. The van der Waals surface area contributed by atoms with E-state index in [1.54, 1.807) is 0 Å². The van der Waals surface area contributed by atoms with E-state index in [1.807, 2.05) is 6.92 Å². The van der Waals surface area contributed by atoms with Crippen molar-refractivity contribution in [2.24, 2.45) is 0 Å². The van der Waals surface area contributed by atoms with Gasteiger partial charge in [-0.05, 0) is 47.0 Å². The molecule has 0 bridgehead atoms. The molecular formula is C15H32Cl2N4O2. The second kappa shape index (κ2) is 11.4. The molecule has 0 radical (unpaired) electrons. The van der Waals surface area contributed by atoms with Gasteiger partial charge in [-0.1, -0.05) is 0 Å². The van der Waals surface area contributed by atoms with E-state index in [4.69, 9.17) is 4.74 Å². The first-order chi connectivity index (χ1) is 10.1. The van der Waals surface area contributed by atoms with E-state index in [2.05, 4.69) is 34.5 Å². The molecule has 0 aromatic rings. The van der Waals surface area contributed by atoms with E-state index in [0.29, 0.717) is 12.6 Å². The van der Waals surface area contributed by atoms with Crippen LogP contribution in [-0.4, -0.2) is 87.3 Å². The first-order valence-corrected chi connectivity index (χ1v) is 8.09. The predicted octanol–water partition coefficient (Wildman–Crippen LogP) is 0.349. The number of piperidine rings is 1. The van der Waals surface area contributed by atoms with E-state index in [9.17, 15) is 4.79 Å². The Morgan fingerprint density at radius 2 is 1.96 bits per heavy atom. The van der Waals surface area contributed by atoms with Crippen LogP contribution in [0.3, 0.4) is 0 Å². The maximum atomic E-state index is 12.1. The van der Waals surface area contributed by atoms with Crippen LogP contribution in [0, 0.1) is 0 Å². The maximum absolute atomic E-state index is 12.1. The van der Waals surface area contributed by atoms with Crippen molar-refractivity contribution in [1.29, 1.82) is 0 Å². The molecule has 0 aromatic carbocycles. The molecule has 6 nitrogen and oxygen atoms in total. The summed E-state index contributed by atoms with van der Waals surface area (Å²) in [4.78, 5) is 16.9. The molecule has 0 saturated carbocycles.